The average Bonchev–Trinajstić information content (AvgIpc) is 3.50. The fourth-order valence-electron chi connectivity index (χ4n) is 4.06. The summed E-state index contributed by atoms with van der Waals surface area (Å²) >= 11 is 0. The van der Waals surface area contributed by atoms with Crippen LogP contribution < -0.4 is 15.2 Å². The minimum Gasteiger partial charge on any atom is -0.375 e. The fraction of sp³-hybridized carbons (Fsp3) is 0.348. The molecule has 172 valence electrons. The van der Waals surface area contributed by atoms with E-state index < -0.39 is 0 Å². The van der Waals surface area contributed by atoms with E-state index in [1.54, 1.807) is 6.20 Å². The summed E-state index contributed by atoms with van der Waals surface area (Å²) in [6.45, 7) is 0.516. The second kappa shape index (κ2) is 8.89. The van der Waals surface area contributed by atoms with Crippen LogP contribution >= 0.6 is 0 Å². The van der Waals surface area contributed by atoms with Crippen molar-refractivity contribution in [3.05, 3.63) is 54.2 Å². The van der Waals surface area contributed by atoms with E-state index in [2.05, 4.69) is 40.4 Å². The number of hydrogen-bond donors (Lipinski definition) is 3. The summed E-state index contributed by atoms with van der Waals surface area (Å²) < 4.78 is 4.00. The monoisotopic (exact) mass is 449 g/mol. The quantitative estimate of drug-likeness (QED) is 0.450. The molecule has 0 bridgehead atoms. The lowest BCUT2D eigenvalue weighted by molar-refractivity contribution is -0.668. The van der Waals surface area contributed by atoms with Crippen molar-refractivity contribution in [3.63, 3.8) is 0 Å². The summed E-state index contributed by atoms with van der Waals surface area (Å²) in [6, 6.07) is 9.36. The van der Waals surface area contributed by atoms with Crippen molar-refractivity contribution in [1.29, 1.82) is 0 Å². The van der Waals surface area contributed by atoms with Crippen LogP contribution in [0.4, 0.5) is 5.69 Å². The molecule has 3 aromatic rings. The number of aromatic nitrogens is 5. The van der Waals surface area contributed by atoms with Crippen molar-refractivity contribution in [3.8, 4) is 11.5 Å². The highest BCUT2D eigenvalue weighted by molar-refractivity contribution is 6.14. The van der Waals surface area contributed by atoms with Gasteiger partial charge >= 0.3 is 5.82 Å². The minimum atomic E-state index is -0.0795. The van der Waals surface area contributed by atoms with Gasteiger partial charge in [-0.05, 0) is 43.0 Å². The summed E-state index contributed by atoms with van der Waals surface area (Å²) in [5.41, 5.74) is 2.22. The van der Waals surface area contributed by atoms with Crippen molar-refractivity contribution in [2.45, 2.75) is 31.6 Å². The van der Waals surface area contributed by atoms with E-state index in [4.69, 9.17) is 0 Å². The van der Waals surface area contributed by atoms with Crippen LogP contribution in [0.3, 0.4) is 0 Å². The van der Waals surface area contributed by atoms with Gasteiger partial charge in [-0.25, -0.2) is 24.1 Å². The Labute approximate surface area is 194 Å². The topological polar surface area (TPSA) is 115 Å². The summed E-state index contributed by atoms with van der Waals surface area (Å²) in [6.07, 6.45) is 9.17. The molecular weight excluding hydrogens is 418 g/mol. The van der Waals surface area contributed by atoms with Crippen LogP contribution in [0.15, 0.2) is 47.8 Å². The first-order valence-electron chi connectivity index (χ1n) is 11.0. The van der Waals surface area contributed by atoms with Crippen LogP contribution in [0.2, 0.25) is 0 Å². The van der Waals surface area contributed by atoms with Crippen molar-refractivity contribution in [1.82, 2.24) is 25.5 Å². The van der Waals surface area contributed by atoms with Gasteiger partial charge in [0.2, 0.25) is 0 Å². The van der Waals surface area contributed by atoms with Gasteiger partial charge in [-0.15, -0.1) is 5.10 Å². The van der Waals surface area contributed by atoms with Crippen molar-refractivity contribution >= 4 is 24.0 Å². The van der Waals surface area contributed by atoms with Gasteiger partial charge in [0.15, 0.2) is 6.21 Å². The van der Waals surface area contributed by atoms with Crippen LogP contribution in [0.1, 0.15) is 31.9 Å². The number of hydrogen-bond acceptors (Lipinski definition) is 6. The lowest BCUT2D eigenvalue weighted by Crippen LogP contribution is -2.47. The predicted octanol–water partition coefficient (Wildman–Crippen LogP) is 1.43. The van der Waals surface area contributed by atoms with Crippen molar-refractivity contribution < 1.29 is 16.8 Å². The number of aliphatic imine (C=N–C) groups is 1. The zero-order valence-corrected chi connectivity index (χ0v) is 18.6. The molecule has 1 aliphatic carbocycles. The van der Waals surface area contributed by atoms with Gasteiger partial charge in [0.1, 0.15) is 31.7 Å². The van der Waals surface area contributed by atoms with Crippen LogP contribution in [0, 0.1) is 5.92 Å². The second-order valence-electron chi connectivity index (χ2n) is 8.44. The molecule has 1 aromatic carbocycles. The molecule has 0 radical (unpaired) electrons. The molecular formula is C23H31N9O+2. The molecule has 2 aliphatic rings. The average molecular weight is 450 g/mol. The van der Waals surface area contributed by atoms with Gasteiger partial charge in [-0.3, -0.25) is 4.79 Å². The third kappa shape index (κ3) is 4.50. The molecule has 1 amide bonds. The Morgan fingerprint density at radius 1 is 1.30 bits per heavy atom. The Balaban J connectivity index is 0.00000171. The third-order valence-corrected chi connectivity index (χ3v) is 6.12. The van der Waals surface area contributed by atoms with E-state index in [-0.39, 0.29) is 21.0 Å². The first-order valence-corrected chi connectivity index (χ1v) is 11.0. The molecule has 3 heterocycles. The molecule has 0 saturated heterocycles. The molecule has 10 heteroatoms. The van der Waals surface area contributed by atoms with E-state index in [0.717, 1.165) is 35.9 Å². The molecule has 0 spiro atoms. The molecule has 2 atom stereocenters. The number of carbonyl (C=O) groups excluding carboxylic acids is 1. The van der Waals surface area contributed by atoms with Crippen molar-refractivity contribution in [2.24, 2.45) is 18.0 Å². The Hall–Kier alpha value is -3.95. The van der Waals surface area contributed by atoms with E-state index in [0.29, 0.717) is 18.0 Å². The Morgan fingerprint density at radius 2 is 2.18 bits per heavy atom. The van der Waals surface area contributed by atoms with Crippen LogP contribution in [0.5, 0.6) is 0 Å². The van der Waals surface area contributed by atoms with Crippen LogP contribution in [-0.2, 0) is 13.6 Å². The number of carbonyl (C=O) groups is 1. The lowest BCUT2D eigenvalue weighted by Gasteiger charge is -2.20. The van der Waals surface area contributed by atoms with Gasteiger partial charge in [-0.2, -0.15) is 0 Å². The second-order valence-corrected chi connectivity index (χ2v) is 8.44. The molecule has 1 unspecified atom stereocenters. The molecule has 1 saturated carbocycles. The summed E-state index contributed by atoms with van der Waals surface area (Å²) in [4.78, 5) is 25.8. The Kier molecular flexibility index (Phi) is 5.64. The van der Waals surface area contributed by atoms with Gasteiger partial charge < -0.3 is 10.6 Å². The van der Waals surface area contributed by atoms with Crippen molar-refractivity contribution in [2.75, 3.05) is 12.4 Å². The number of likely N-dealkylation sites (N-methyl/N-ethyl adjacent to an activating group) is 1. The summed E-state index contributed by atoms with van der Waals surface area (Å²) in [5, 5.41) is 14.0. The first-order chi connectivity index (χ1) is 16.1. The van der Waals surface area contributed by atoms with Gasteiger partial charge in [0.25, 0.3) is 17.9 Å². The number of H-pyrrole nitrogens is 1. The first kappa shape index (κ1) is 20.9. The number of benzene rings is 1. The maximum atomic E-state index is 13.0. The van der Waals surface area contributed by atoms with Gasteiger partial charge in [0.05, 0.1) is 13.3 Å². The summed E-state index contributed by atoms with van der Waals surface area (Å²) in [5.74, 6) is 2.01. The van der Waals surface area contributed by atoms with Crippen LogP contribution in [0.25, 0.3) is 11.5 Å². The Morgan fingerprint density at radius 3 is 2.91 bits per heavy atom. The normalized spacial score (nSPS) is 18.1. The predicted molar refractivity (Wildman–Crippen MR) is 127 cm³/mol. The standard InChI is InChI=1S/C23H25N9O.2H2/c1-31-11-10-25-22(31)20(15-6-7-15)28-23(33)16-4-3-5-17(12-16)26-13-19-29-30-21(32(19)2)18-8-9-24-14-27-18;;/h3-5,8-12,14-15,20,22,26H,6-7,13H2,1-2H3;2*1H/p+2/t20-,22?;;/m1../s1. The highest BCUT2D eigenvalue weighted by Gasteiger charge is 2.43. The minimum absolute atomic E-state index is 0. The lowest BCUT2D eigenvalue weighted by atomic mass is 10.1. The molecule has 5 rings (SSSR count). The number of aromatic amines is 1. The number of amides is 1. The number of anilines is 1. The third-order valence-electron chi connectivity index (χ3n) is 6.12. The zero-order valence-electron chi connectivity index (χ0n) is 18.6. The van der Waals surface area contributed by atoms with E-state index in [1.807, 2.05) is 61.4 Å². The molecule has 10 nitrogen and oxygen atoms in total. The highest BCUT2D eigenvalue weighted by atomic mass is 16.1. The van der Waals surface area contributed by atoms with Gasteiger partial charge in [0, 0.05) is 25.4 Å². The van der Waals surface area contributed by atoms with Crippen LogP contribution in [-0.4, -0.2) is 62.3 Å². The molecule has 2 aromatic heterocycles. The van der Waals surface area contributed by atoms with E-state index >= 15 is 0 Å². The molecule has 1 fully saturated rings. The number of rotatable bonds is 8. The molecule has 33 heavy (non-hydrogen) atoms. The highest BCUT2D eigenvalue weighted by Crippen LogP contribution is 2.35. The number of nitrogens with one attached hydrogen (secondary N) is 3. The zero-order chi connectivity index (χ0) is 22.8. The number of nitrogens with zero attached hydrogens (tertiary/aromatic N) is 6. The fourth-order valence-corrected chi connectivity index (χ4v) is 4.06. The van der Waals surface area contributed by atoms with E-state index in [1.165, 1.54) is 6.33 Å². The summed E-state index contributed by atoms with van der Waals surface area (Å²) in [7, 11) is 3.93. The smallest absolute Gasteiger partial charge is 0.327 e. The Bertz CT molecular complexity index is 1220. The largest absolute Gasteiger partial charge is 0.375 e. The maximum Gasteiger partial charge on any atom is 0.327 e. The molecule has 3 N–H and O–H groups in total. The van der Waals surface area contributed by atoms with E-state index in [9.17, 15) is 4.79 Å². The molecule has 1 aliphatic heterocycles. The van der Waals surface area contributed by atoms with Gasteiger partial charge in [-0.1, -0.05) is 6.07 Å². The maximum absolute atomic E-state index is 13.0. The SMILES string of the molecule is C[N+]1=CC=NC1[C@H](NC(=O)c1cccc(NCc2[nH]nc(-c3ccncn3)[n+]2C)c1)C1CC1.[HH].[HH].